The summed E-state index contributed by atoms with van der Waals surface area (Å²) in [5.74, 6) is -0.939. The Kier molecular flexibility index (Phi) is 9.80. The second-order valence-corrected chi connectivity index (χ2v) is 12.1. The van der Waals surface area contributed by atoms with Crippen molar-refractivity contribution in [2.75, 3.05) is 4.72 Å². The molecule has 0 saturated heterocycles. The molecule has 1 aromatic heterocycles. The fourth-order valence-corrected chi connectivity index (χ4v) is 5.86. The first-order valence-corrected chi connectivity index (χ1v) is 15.8. The van der Waals surface area contributed by atoms with E-state index in [1.165, 1.54) is 16.8 Å². The molecule has 0 radical (unpaired) electrons. The van der Waals surface area contributed by atoms with Gasteiger partial charge in [0.05, 0.1) is 23.9 Å². The summed E-state index contributed by atoms with van der Waals surface area (Å²) in [6.45, 7) is -0.0961. The first kappa shape index (κ1) is 30.9. The van der Waals surface area contributed by atoms with Gasteiger partial charge in [-0.3, -0.25) is 23.7 Å². The van der Waals surface area contributed by atoms with Crippen LogP contribution in [0.15, 0.2) is 125 Å². The molecule has 5 rings (SSSR count). The molecule has 5 aromatic rings. The van der Waals surface area contributed by atoms with Crippen LogP contribution in [0.1, 0.15) is 22.3 Å². The van der Waals surface area contributed by atoms with Crippen molar-refractivity contribution < 1.29 is 18.0 Å². The third kappa shape index (κ3) is 8.74. The molecule has 228 valence electrons. The van der Waals surface area contributed by atoms with Crippen LogP contribution >= 0.6 is 0 Å². The summed E-state index contributed by atoms with van der Waals surface area (Å²) in [5, 5.41) is 7.42. The number of hydrogen-bond donors (Lipinski definition) is 3. The van der Waals surface area contributed by atoms with Gasteiger partial charge in [0, 0.05) is 11.9 Å². The van der Waals surface area contributed by atoms with Gasteiger partial charge >= 0.3 is 0 Å². The van der Waals surface area contributed by atoms with Crippen molar-refractivity contribution in [1.82, 2.24) is 15.3 Å². The van der Waals surface area contributed by atoms with E-state index in [1.807, 2.05) is 42.5 Å². The summed E-state index contributed by atoms with van der Waals surface area (Å²) < 4.78 is 29.4. The SMILES string of the molecule is O=C(Cn1c(=O)c(NS(=O)(=O)Cc2ccccc2)cc2ccccc21)NCc1ccc(C=NNC(=O)Cc2ccccc2)cc1. The standard InChI is InChI=1S/C34H31N5O5S/c40-32(19-25-9-3-1-4-10-25)37-36-22-27-17-15-26(16-18-27)21-35-33(41)23-39-31-14-8-7-13-29(31)20-30(34(39)42)38-45(43,44)24-28-11-5-2-6-12-28/h1-18,20,22,38H,19,21,23-24H2,(H,35,41)(H,37,40). The Balaban J connectivity index is 1.20. The van der Waals surface area contributed by atoms with E-state index in [2.05, 4.69) is 20.6 Å². The summed E-state index contributed by atoms with van der Waals surface area (Å²) in [4.78, 5) is 38.4. The Labute approximate surface area is 260 Å². The summed E-state index contributed by atoms with van der Waals surface area (Å²) in [7, 11) is -3.89. The molecule has 0 atom stereocenters. The molecule has 11 heteroatoms. The van der Waals surface area contributed by atoms with Crippen molar-refractivity contribution in [3.63, 3.8) is 0 Å². The first-order chi connectivity index (χ1) is 21.8. The lowest BCUT2D eigenvalue weighted by Gasteiger charge is -2.14. The third-order valence-electron chi connectivity index (χ3n) is 6.85. The molecule has 4 aromatic carbocycles. The minimum absolute atomic E-state index is 0.133. The van der Waals surface area contributed by atoms with Gasteiger partial charge in [0.1, 0.15) is 12.2 Å². The number of aromatic nitrogens is 1. The number of sulfonamides is 1. The molecule has 1 heterocycles. The molecular formula is C34H31N5O5S. The van der Waals surface area contributed by atoms with Crippen LogP contribution in [-0.2, 0) is 44.9 Å². The van der Waals surface area contributed by atoms with E-state index in [-0.39, 0.29) is 36.9 Å². The van der Waals surface area contributed by atoms with Crippen LogP contribution in [0.4, 0.5) is 5.69 Å². The van der Waals surface area contributed by atoms with Crippen molar-refractivity contribution in [2.24, 2.45) is 5.10 Å². The summed E-state index contributed by atoms with van der Waals surface area (Å²) in [6, 6.07) is 33.7. The number of pyridine rings is 1. The zero-order valence-electron chi connectivity index (χ0n) is 24.2. The fourth-order valence-electron chi connectivity index (χ4n) is 4.68. The number of nitrogens with one attached hydrogen (secondary N) is 3. The van der Waals surface area contributed by atoms with Crippen LogP contribution in [0.3, 0.4) is 0 Å². The topological polar surface area (TPSA) is 139 Å². The third-order valence-corrected chi connectivity index (χ3v) is 8.09. The second-order valence-electron chi connectivity index (χ2n) is 10.3. The predicted molar refractivity (Wildman–Crippen MR) is 175 cm³/mol. The van der Waals surface area contributed by atoms with Gasteiger partial charge < -0.3 is 5.32 Å². The first-order valence-electron chi connectivity index (χ1n) is 14.1. The Bertz CT molecular complexity index is 1990. The molecular weight excluding hydrogens is 590 g/mol. The number of rotatable bonds is 12. The van der Waals surface area contributed by atoms with E-state index in [0.717, 1.165) is 16.7 Å². The number of hydrazone groups is 1. The molecule has 0 saturated carbocycles. The van der Waals surface area contributed by atoms with Gasteiger partial charge in [-0.15, -0.1) is 0 Å². The number of anilines is 1. The van der Waals surface area contributed by atoms with Crippen LogP contribution < -0.4 is 21.0 Å². The normalized spacial score (nSPS) is 11.4. The lowest BCUT2D eigenvalue weighted by molar-refractivity contribution is -0.122. The minimum atomic E-state index is -3.89. The van der Waals surface area contributed by atoms with Crippen LogP contribution in [-0.4, -0.2) is 31.0 Å². The Hall–Kier alpha value is -5.55. The van der Waals surface area contributed by atoms with E-state index < -0.39 is 21.5 Å². The number of fused-ring (bicyclic) bond motifs is 1. The average molecular weight is 622 g/mol. The molecule has 0 aliphatic rings. The predicted octanol–water partition coefficient (Wildman–Crippen LogP) is 3.95. The van der Waals surface area contributed by atoms with E-state index in [0.29, 0.717) is 16.5 Å². The van der Waals surface area contributed by atoms with Crippen LogP contribution in [0, 0.1) is 0 Å². The van der Waals surface area contributed by atoms with Gasteiger partial charge in [-0.1, -0.05) is 103 Å². The molecule has 0 aliphatic carbocycles. The van der Waals surface area contributed by atoms with Crippen molar-refractivity contribution in [3.05, 3.63) is 148 Å². The van der Waals surface area contributed by atoms with E-state index in [1.54, 1.807) is 66.7 Å². The van der Waals surface area contributed by atoms with Gasteiger partial charge in [0.15, 0.2) is 0 Å². The highest BCUT2D eigenvalue weighted by Gasteiger charge is 2.18. The monoisotopic (exact) mass is 621 g/mol. The largest absolute Gasteiger partial charge is 0.350 e. The van der Waals surface area contributed by atoms with E-state index in [9.17, 15) is 22.8 Å². The number of hydrogen-bond acceptors (Lipinski definition) is 6. The van der Waals surface area contributed by atoms with Crippen molar-refractivity contribution in [2.45, 2.75) is 25.3 Å². The number of carbonyl (C=O) groups excluding carboxylic acids is 2. The van der Waals surface area contributed by atoms with Gasteiger partial charge in [-0.25, -0.2) is 13.8 Å². The zero-order valence-corrected chi connectivity index (χ0v) is 25.0. The van der Waals surface area contributed by atoms with E-state index in [4.69, 9.17) is 0 Å². The molecule has 45 heavy (non-hydrogen) atoms. The molecule has 3 N–H and O–H groups in total. The highest BCUT2D eigenvalue weighted by atomic mass is 32.2. The lowest BCUT2D eigenvalue weighted by atomic mass is 10.1. The van der Waals surface area contributed by atoms with Crippen molar-refractivity contribution in [3.8, 4) is 0 Å². The van der Waals surface area contributed by atoms with Crippen LogP contribution in [0.5, 0.6) is 0 Å². The molecule has 0 fully saturated rings. The lowest BCUT2D eigenvalue weighted by Crippen LogP contribution is -2.33. The minimum Gasteiger partial charge on any atom is -0.350 e. The highest BCUT2D eigenvalue weighted by molar-refractivity contribution is 7.91. The molecule has 10 nitrogen and oxygen atoms in total. The molecule has 2 amide bonds. The number of benzene rings is 4. The quantitative estimate of drug-likeness (QED) is 0.143. The summed E-state index contributed by atoms with van der Waals surface area (Å²) in [5.41, 5.74) is 5.30. The summed E-state index contributed by atoms with van der Waals surface area (Å²) in [6.07, 6.45) is 1.76. The van der Waals surface area contributed by atoms with E-state index >= 15 is 0 Å². The number of carbonyl (C=O) groups is 2. The number of nitrogens with zero attached hydrogens (tertiary/aromatic N) is 2. The smallest absolute Gasteiger partial charge is 0.275 e. The Morgan fingerprint density at radius 1 is 0.756 bits per heavy atom. The Morgan fingerprint density at radius 2 is 1.40 bits per heavy atom. The van der Waals surface area contributed by atoms with Gasteiger partial charge in [0.25, 0.3) is 5.56 Å². The van der Waals surface area contributed by atoms with Gasteiger partial charge in [-0.2, -0.15) is 5.10 Å². The van der Waals surface area contributed by atoms with Crippen LogP contribution in [0.25, 0.3) is 10.9 Å². The average Bonchev–Trinajstić information content (AvgIpc) is 3.03. The Morgan fingerprint density at radius 3 is 2.11 bits per heavy atom. The molecule has 0 spiro atoms. The van der Waals surface area contributed by atoms with Crippen molar-refractivity contribution in [1.29, 1.82) is 0 Å². The fraction of sp³-hybridized carbons (Fsp3) is 0.118. The maximum Gasteiger partial charge on any atom is 0.275 e. The van der Waals surface area contributed by atoms with Crippen molar-refractivity contribution >= 4 is 44.6 Å². The second kappa shape index (κ2) is 14.3. The van der Waals surface area contributed by atoms with Crippen LogP contribution in [0.2, 0.25) is 0 Å². The highest BCUT2D eigenvalue weighted by Crippen LogP contribution is 2.18. The maximum absolute atomic E-state index is 13.4. The van der Waals surface area contributed by atoms with Gasteiger partial charge in [-0.05, 0) is 34.4 Å². The maximum atomic E-state index is 13.4. The molecule has 0 unspecified atom stereocenters. The van der Waals surface area contributed by atoms with Gasteiger partial charge in [0.2, 0.25) is 21.8 Å². The summed E-state index contributed by atoms with van der Waals surface area (Å²) >= 11 is 0. The zero-order chi connectivity index (χ0) is 31.6. The number of para-hydroxylation sites is 1. The number of amides is 2. The molecule has 0 aliphatic heterocycles. The molecule has 0 bridgehead atoms.